The lowest BCUT2D eigenvalue weighted by Gasteiger charge is -2.37. The molecule has 1 aliphatic rings. The van der Waals surface area contributed by atoms with Crippen molar-refractivity contribution in [2.75, 3.05) is 6.54 Å². The molecular formula is C24H25ClN4OS. The maximum Gasteiger partial charge on any atom is 0.258 e. The van der Waals surface area contributed by atoms with E-state index in [1.807, 2.05) is 36.4 Å². The van der Waals surface area contributed by atoms with Crippen LogP contribution in [0.1, 0.15) is 50.3 Å². The van der Waals surface area contributed by atoms with Crippen LogP contribution in [0.2, 0.25) is 5.02 Å². The quantitative estimate of drug-likeness (QED) is 0.461. The Hall–Kier alpha value is -2.70. The second-order valence-electron chi connectivity index (χ2n) is 7.56. The van der Waals surface area contributed by atoms with Gasteiger partial charge >= 0.3 is 0 Å². The van der Waals surface area contributed by atoms with Gasteiger partial charge in [-0.1, -0.05) is 67.0 Å². The molecule has 0 radical (unpaired) electrons. The Morgan fingerprint density at radius 2 is 1.81 bits per heavy atom. The van der Waals surface area contributed by atoms with Crippen molar-refractivity contribution in [3.8, 4) is 11.4 Å². The molecule has 0 amide bonds. The van der Waals surface area contributed by atoms with Gasteiger partial charge in [0.25, 0.3) is 5.89 Å². The van der Waals surface area contributed by atoms with E-state index in [0.29, 0.717) is 21.9 Å². The van der Waals surface area contributed by atoms with Gasteiger partial charge in [0.15, 0.2) is 5.11 Å². The van der Waals surface area contributed by atoms with Gasteiger partial charge in [0.05, 0.1) is 11.6 Å². The van der Waals surface area contributed by atoms with Gasteiger partial charge < -0.3 is 14.7 Å². The lowest BCUT2D eigenvalue weighted by Crippen LogP contribution is -2.46. The summed E-state index contributed by atoms with van der Waals surface area (Å²) < 4.78 is 5.77. The molecule has 1 atom stereocenters. The van der Waals surface area contributed by atoms with E-state index in [2.05, 4.69) is 48.3 Å². The van der Waals surface area contributed by atoms with Crippen LogP contribution in [0, 0.1) is 0 Å². The fourth-order valence-corrected chi connectivity index (χ4v) is 4.27. The van der Waals surface area contributed by atoms with Crippen molar-refractivity contribution in [3.05, 3.63) is 76.3 Å². The molecule has 1 unspecified atom stereocenters. The van der Waals surface area contributed by atoms with Crippen molar-refractivity contribution >= 4 is 34.5 Å². The predicted molar refractivity (Wildman–Crippen MR) is 129 cm³/mol. The monoisotopic (exact) mass is 452 g/mol. The molecule has 1 aliphatic heterocycles. The molecule has 0 spiro atoms. The van der Waals surface area contributed by atoms with Crippen LogP contribution in [0.5, 0.6) is 0 Å². The lowest BCUT2D eigenvalue weighted by molar-refractivity contribution is 0.396. The van der Waals surface area contributed by atoms with Crippen molar-refractivity contribution in [1.82, 2.24) is 20.4 Å². The molecule has 1 N–H and O–H groups in total. The second kappa shape index (κ2) is 9.20. The van der Waals surface area contributed by atoms with Crippen LogP contribution >= 0.6 is 23.8 Å². The summed E-state index contributed by atoms with van der Waals surface area (Å²) in [5.74, 6) is 1.06. The van der Waals surface area contributed by atoms with Gasteiger partial charge in [-0.2, -0.15) is 4.98 Å². The van der Waals surface area contributed by atoms with Crippen LogP contribution in [0.3, 0.4) is 0 Å². The molecule has 3 aromatic rings. The molecule has 4 rings (SSSR count). The Morgan fingerprint density at radius 1 is 1.10 bits per heavy atom. The Labute approximate surface area is 193 Å². The summed E-state index contributed by atoms with van der Waals surface area (Å²) in [5, 5.41) is 9.10. The zero-order chi connectivity index (χ0) is 22.0. The van der Waals surface area contributed by atoms with Gasteiger partial charge in [-0.25, -0.2) is 0 Å². The fourth-order valence-electron chi connectivity index (χ4n) is 3.80. The molecule has 0 fully saturated rings. The lowest BCUT2D eigenvalue weighted by atomic mass is 9.95. The number of nitrogens with zero attached hydrogens (tertiary/aromatic N) is 3. The third-order valence-electron chi connectivity index (χ3n) is 5.52. The highest BCUT2D eigenvalue weighted by Crippen LogP contribution is 2.37. The van der Waals surface area contributed by atoms with Crippen LogP contribution in [-0.2, 0) is 6.42 Å². The van der Waals surface area contributed by atoms with Crippen LogP contribution in [-0.4, -0.2) is 26.7 Å². The summed E-state index contributed by atoms with van der Waals surface area (Å²) in [5.41, 5.74) is 5.17. The van der Waals surface area contributed by atoms with Crippen molar-refractivity contribution in [1.29, 1.82) is 0 Å². The number of thiocarbonyl (C=S) groups is 1. The molecule has 0 saturated carbocycles. The molecule has 31 heavy (non-hydrogen) atoms. The molecule has 0 bridgehead atoms. The molecule has 0 saturated heterocycles. The van der Waals surface area contributed by atoms with Gasteiger partial charge in [0, 0.05) is 22.8 Å². The topological polar surface area (TPSA) is 54.2 Å². The second-order valence-corrected chi connectivity index (χ2v) is 8.38. The number of allylic oxidation sites excluding steroid dienone is 1. The van der Waals surface area contributed by atoms with E-state index in [1.165, 1.54) is 5.56 Å². The first-order valence-electron chi connectivity index (χ1n) is 10.5. The minimum Gasteiger partial charge on any atom is -0.351 e. The standard InChI is InChI=1S/C24H25ClN4OS/c1-4-14-29-15(3)20(21(26-24(29)31)17-10-12-19(25)13-11-17)23-27-22(28-30-23)18-8-6-16(5-2)7-9-18/h6-13,21H,4-5,14H2,1-3H3,(H,26,31). The van der Waals surface area contributed by atoms with Crippen molar-refractivity contribution in [2.24, 2.45) is 0 Å². The Balaban J connectivity index is 1.78. The number of halogens is 1. The highest BCUT2D eigenvalue weighted by Gasteiger charge is 2.33. The van der Waals surface area contributed by atoms with E-state index in [9.17, 15) is 0 Å². The number of aromatic nitrogens is 2. The Morgan fingerprint density at radius 3 is 2.45 bits per heavy atom. The van der Waals surface area contributed by atoms with E-state index in [4.69, 9.17) is 33.3 Å². The van der Waals surface area contributed by atoms with Crippen molar-refractivity contribution in [3.63, 3.8) is 0 Å². The van der Waals surface area contributed by atoms with Crippen LogP contribution < -0.4 is 5.32 Å². The van der Waals surface area contributed by atoms with Crippen LogP contribution in [0.4, 0.5) is 0 Å². The van der Waals surface area contributed by atoms with E-state index >= 15 is 0 Å². The summed E-state index contributed by atoms with van der Waals surface area (Å²) in [4.78, 5) is 6.85. The summed E-state index contributed by atoms with van der Waals surface area (Å²) in [6, 6.07) is 15.8. The molecule has 160 valence electrons. The summed E-state index contributed by atoms with van der Waals surface area (Å²) in [7, 11) is 0. The molecule has 0 aliphatic carbocycles. The average molecular weight is 453 g/mol. The number of benzene rings is 2. The third-order valence-corrected chi connectivity index (χ3v) is 6.11. The van der Waals surface area contributed by atoms with Gasteiger partial charge in [-0.05, 0) is 55.2 Å². The number of nitrogens with one attached hydrogen (secondary N) is 1. The highest BCUT2D eigenvalue weighted by molar-refractivity contribution is 7.80. The predicted octanol–water partition coefficient (Wildman–Crippen LogP) is 6.02. The highest BCUT2D eigenvalue weighted by atomic mass is 35.5. The SMILES string of the molecule is CCCN1C(=S)NC(c2ccc(Cl)cc2)C(c2nc(-c3ccc(CC)cc3)no2)=C1C. The minimum absolute atomic E-state index is 0.200. The van der Waals surface area contributed by atoms with E-state index in [1.54, 1.807) is 0 Å². The summed E-state index contributed by atoms with van der Waals surface area (Å²) in [6.07, 6.45) is 1.96. The Bertz CT molecular complexity index is 1110. The summed E-state index contributed by atoms with van der Waals surface area (Å²) >= 11 is 11.8. The number of rotatable bonds is 6. The minimum atomic E-state index is -0.200. The zero-order valence-corrected chi connectivity index (χ0v) is 19.4. The van der Waals surface area contributed by atoms with Gasteiger partial charge in [0.2, 0.25) is 5.82 Å². The maximum atomic E-state index is 6.11. The largest absolute Gasteiger partial charge is 0.351 e. The first kappa shape index (κ1) is 21.5. The Kier molecular flexibility index (Phi) is 6.39. The first-order valence-corrected chi connectivity index (χ1v) is 11.3. The molecule has 1 aromatic heterocycles. The summed E-state index contributed by atoms with van der Waals surface area (Å²) in [6.45, 7) is 7.14. The van der Waals surface area contributed by atoms with Crippen LogP contribution in [0.15, 0.2) is 58.8 Å². The molecule has 2 heterocycles. The van der Waals surface area contributed by atoms with E-state index in [0.717, 1.165) is 41.8 Å². The van der Waals surface area contributed by atoms with Gasteiger partial charge in [-0.3, -0.25) is 0 Å². The first-order chi connectivity index (χ1) is 15.0. The molecule has 5 nitrogen and oxygen atoms in total. The smallest absolute Gasteiger partial charge is 0.258 e. The zero-order valence-electron chi connectivity index (χ0n) is 17.9. The maximum absolute atomic E-state index is 6.11. The fraction of sp³-hybridized carbons (Fsp3) is 0.292. The average Bonchev–Trinajstić information content (AvgIpc) is 3.26. The third kappa shape index (κ3) is 4.36. The van der Waals surface area contributed by atoms with Crippen molar-refractivity contribution in [2.45, 2.75) is 39.7 Å². The number of hydrogen-bond acceptors (Lipinski definition) is 4. The molecule has 7 heteroatoms. The number of aryl methyl sites for hydroxylation is 1. The van der Waals surface area contributed by atoms with Crippen LogP contribution in [0.25, 0.3) is 17.0 Å². The van der Waals surface area contributed by atoms with E-state index in [-0.39, 0.29) is 6.04 Å². The molecule has 2 aromatic carbocycles. The molecular weight excluding hydrogens is 428 g/mol. The number of hydrogen-bond donors (Lipinski definition) is 1. The van der Waals surface area contributed by atoms with E-state index < -0.39 is 0 Å². The van der Waals surface area contributed by atoms with Gasteiger partial charge in [0.1, 0.15) is 0 Å². The van der Waals surface area contributed by atoms with Crippen molar-refractivity contribution < 1.29 is 4.52 Å². The van der Waals surface area contributed by atoms with Gasteiger partial charge in [-0.15, -0.1) is 0 Å². The normalized spacial score (nSPS) is 16.6.